The number of aromatic nitrogens is 2. The molecule has 2 rings (SSSR count). The molecule has 0 atom stereocenters. The molecular weight excluding hydrogens is 226 g/mol. The first-order chi connectivity index (χ1) is 8.75. The van der Waals surface area contributed by atoms with Crippen molar-refractivity contribution in [3.8, 4) is 0 Å². The largest absolute Gasteiger partial charge is 0.344 e. The number of hydrogen-bond acceptors (Lipinski definition) is 5. The molecule has 0 bridgehead atoms. The van der Waals surface area contributed by atoms with Crippen LogP contribution in [0.3, 0.4) is 0 Å². The maximum Gasteiger partial charge on any atom is 0.225 e. The molecule has 18 heavy (non-hydrogen) atoms. The maximum absolute atomic E-state index is 4.43. The number of rotatable bonds is 5. The first-order valence-electron chi connectivity index (χ1n) is 6.69. The van der Waals surface area contributed by atoms with Crippen molar-refractivity contribution in [2.24, 2.45) is 0 Å². The molecule has 0 spiro atoms. The van der Waals surface area contributed by atoms with Crippen LogP contribution >= 0.6 is 0 Å². The summed E-state index contributed by atoms with van der Waals surface area (Å²) in [7, 11) is 2.06. The van der Waals surface area contributed by atoms with Crippen LogP contribution in [0, 0.1) is 6.92 Å². The van der Waals surface area contributed by atoms with E-state index in [0.717, 1.165) is 44.2 Å². The summed E-state index contributed by atoms with van der Waals surface area (Å²) in [6.45, 7) is 8.76. The van der Waals surface area contributed by atoms with Crippen molar-refractivity contribution >= 4 is 5.95 Å². The van der Waals surface area contributed by atoms with Gasteiger partial charge in [-0.15, -0.1) is 0 Å². The molecule has 0 saturated carbocycles. The van der Waals surface area contributed by atoms with Gasteiger partial charge in [0, 0.05) is 51.7 Å². The smallest absolute Gasteiger partial charge is 0.225 e. The van der Waals surface area contributed by atoms with Crippen LogP contribution in [-0.2, 0) is 0 Å². The summed E-state index contributed by atoms with van der Waals surface area (Å²) in [6.07, 6.45) is 2.98. The van der Waals surface area contributed by atoms with Crippen molar-refractivity contribution in [2.75, 3.05) is 51.2 Å². The highest BCUT2D eigenvalue weighted by Gasteiger charge is 2.10. The Bertz CT molecular complexity index is 362. The molecule has 1 aromatic heterocycles. The molecule has 0 aromatic carbocycles. The van der Waals surface area contributed by atoms with E-state index in [0.29, 0.717) is 0 Å². The predicted molar refractivity (Wildman–Crippen MR) is 74.0 cm³/mol. The van der Waals surface area contributed by atoms with E-state index >= 15 is 0 Å². The molecule has 1 N–H and O–H groups in total. The summed E-state index contributed by atoms with van der Waals surface area (Å²) in [5, 5.41) is 3.37. The van der Waals surface area contributed by atoms with Crippen LogP contribution < -0.4 is 10.2 Å². The third-order valence-corrected chi connectivity index (χ3v) is 3.30. The Morgan fingerprint density at radius 1 is 1.39 bits per heavy atom. The summed E-state index contributed by atoms with van der Waals surface area (Å²) in [6, 6.07) is 1.93. The molecule has 1 saturated heterocycles. The Hall–Kier alpha value is -1.20. The Balaban J connectivity index is 1.72. The van der Waals surface area contributed by atoms with Gasteiger partial charge in [-0.2, -0.15) is 0 Å². The molecule has 1 aliphatic heterocycles. The van der Waals surface area contributed by atoms with E-state index in [1.807, 2.05) is 19.2 Å². The Morgan fingerprint density at radius 2 is 2.17 bits per heavy atom. The highest BCUT2D eigenvalue weighted by Crippen LogP contribution is 2.05. The molecule has 0 aliphatic carbocycles. The first kappa shape index (κ1) is 13.2. The average Bonchev–Trinajstić information content (AvgIpc) is 2.40. The Labute approximate surface area is 109 Å². The first-order valence-corrected chi connectivity index (χ1v) is 6.69. The molecule has 100 valence electrons. The maximum atomic E-state index is 4.43. The number of nitrogens with one attached hydrogen (secondary N) is 1. The van der Waals surface area contributed by atoms with E-state index in [-0.39, 0.29) is 0 Å². The number of anilines is 1. The zero-order chi connectivity index (χ0) is 12.8. The molecule has 5 heteroatoms. The second kappa shape index (κ2) is 6.66. The van der Waals surface area contributed by atoms with Crippen molar-refractivity contribution < 1.29 is 0 Å². The van der Waals surface area contributed by atoms with Crippen LogP contribution in [0.4, 0.5) is 5.95 Å². The molecule has 0 unspecified atom stereocenters. The quantitative estimate of drug-likeness (QED) is 0.824. The van der Waals surface area contributed by atoms with Crippen LogP contribution in [0.15, 0.2) is 12.3 Å². The zero-order valence-corrected chi connectivity index (χ0v) is 11.4. The standard InChI is InChI=1S/C13H23N5/c1-12-4-5-15-13(16-12)17(2)8-3-9-18-10-6-14-7-11-18/h4-5,14H,3,6-11H2,1-2H3. The van der Waals surface area contributed by atoms with E-state index in [2.05, 4.69) is 32.1 Å². The van der Waals surface area contributed by atoms with Gasteiger partial charge in [-0.05, 0) is 26.0 Å². The third-order valence-electron chi connectivity index (χ3n) is 3.30. The third kappa shape index (κ3) is 3.92. The van der Waals surface area contributed by atoms with Crippen LogP contribution in [0.2, 0.25) is 0 Å². The van der Waals surface area contributed by atoms with Crippen molar-refractivity contribution in [1.29, 1.82) is 0 Å². The number of hydrogen-bond donors (Lipinski definition) is 1. The fourth-order valence-electron chi connectivity index (χ4n) is 2.19. The highest BCUT2D eigenvalue weighted by molar-refractivity contribution is 5.28. The Morgan fingerprint density at radius 3 is 2.89 bits per heavy atom. The molecule has 1 fully saturated rings. The van der Waals surface area contributed by atoms with E-state index < -0.39 is 0 Å². The van der Waals surface area contributed by atoms with Crippen molar-refractivity contribution in [1.82, 2.24) is 20.2 Å². The van der Waals surface area contributed by atoms with Gasteiger partial charge in [-0.3, -0.25) is 0 Å². The lowest BCUT2D eigenvalue weighted by Crippen LogP contribution is -2.44. The molecule has 5 nitrogen and oxygen atoms in total. The number of nitrogens with zero attached hydrogens (tertiary/aromatic N) is 4. The molecular formula is C13H23N5. The van der Waals surface area contributed by atoms with Gasteiger partial charge >= 0.3 is 0 Å². The molecule has 2 heterocycles. The monoisotopic (exact) mass is 249 g/mol. The summed E-state index contributed by atoms with van der Waals surface area (Å²) in [4.78, 5) is 13.4. The van der Waals surface area contributed by atoms with Crippen molar-refractivity contribution in [3.05, 3.63) is 18.0 Å². The zero-order valence-electron chi connectivity index (χ0n) is 11.4. The normalized spacial score (nSPS) is 16.8. The Kier molecular flexibility index (Phi) is 4.90. The number of aryl methyl sites for hydroxylation is 1. The van der Waals surface area contributed by atoms with E-state index in [1.165, 1.54) is 13.1 Å². The molecule has 0 radical (unpaired) electrons. The summed E-state index contributed by atoms with van der Waals surface area (Å²) in [5.74, 6) is 0.829. The van der Waals surface area contributed by atoms with Gasteiger partial charge in [0.2, 0.25) is 5.95 Å². The predicted octanol–water partition coefficient (Wildman–Crippen LogP) is 0.517. The van der Waals surface area contributed by atoms with Gasteiger partial charge in [0.05, 0.1) is 0 Å². The average molecular weight is 249 g/mol. The van der Waals surface area contributed by atoms with Gasteiger partial charge in [-0.1, -0.05) is 0 Å². The fraction of sp³-hybridized carbons (Fsp3) is 0.692. The minimum Gasteiger partial charge on any atom is -0.344 e. The van der Waals surface area contributed by atoms with Gasteiger partial charge in [0.15, 0.2) is 0 Å². The van der Waals surface area contributed by atoms with Crippen molar-refractivity contribution in [3.63, 3.8) is 0 Å². The van der Waals surface area contributed by atoms with Crippen molar-refractivity contribution in [2.45, 2.75) is 13.3 Å². The lowest BCUT2D eigenvalue weighted by atomic mass is 10.3. The van der Waals surface area contributed by atoms with Gasteiger partial charge in [0.25, 0.3) is 0 Å². The van der Waals surface area contributed by atoms with E-state index in [1.54, 1.807) is 0 Å². The van der Waals surface area contributed by atoms with Crippen LogP contribution in [0.1, 0.15) is 12.1 Å². The lowest BCUT2D eigenvalue weighted by molar-refractivity contribution is 0.239. The molecule has 1 aliphatic rings. The van der Waals surface area contributed by atoms with Crippen LogP contribution in [-0.4, -0.2) is 61.2 Å². The second-order valence-electron chi connectivity index (χ2n) is 4.86. The summed E-state index contributed by atoms with van der Waals surface area (Å²) < 4.78 is 0. The minimum atomic E-state index is 0.829. The van der Waals surface area contributed by atoms with Gasteiger partial charge in [0.1, 0.15) is 0 Å². The van der Waals surface area contributed by atoms with Gasteiger partial charge in [-0.25, -0.2) is 9.97 Å². The summed E-state index contributed by atoms with van der Waals surface area (Å²) in [5.41, 5.74) is 1.02. The van der Waals surface area contributed by atoms with Crippen LogP contribution in [0.5, 0.6) is 0 Å². The molecule has 1 aromatic rings. The highest BCUT2D eigenvalue weighted by atomic mass is 15.2. The summed E-state index contributed by atoms with van der Waals surface area (Å²) >= 11 is 0. The van der Waals surface area contributed by atoms with E-state index in [9.17, 15) is 0 Å². The van der Waals surface area contributed by atoms with Crippen LogP contribution in [0.25, 0.3) is 0 Å². The minimum absolute atomic E-state index is 0.829. The molecule has 0 amide bonds. The topological polar surface area (TPSA) is 44.3 Å². The number of piperazine rings is 1. The van der Waals surface area contributed by atoms with Gasteiger partial charge < -0.3 is 15.1 Å². The second-order valence-corrected chi connectivity index (χ2v) is 4.86. The lowest BCUT2D eigenvalue weighted by Gasteiger charge is -2.27. The fourth-order valence-corrected chi connectivity index (χ4v) is 2.19. The van der Waals surface area contributed by atoms with E-state index in [4.69, 9.17) is 0 Å². The SMILES string of the molecule is Cc1ccnc(N(C)CCCN2CCNCC2)n1.